The number of amides is 1. The average Bonchev–Trinajstić information content (AvgIpc) is 3.15. The molecule has 1 N–H and O–H groups in total. The van der Waals surface area contributed by atoms with E-state index in [1.54, 1.807) is 28.4 Å². The van der Waals surface area contributed by atoms with Crippen molar-refractivity contribution in [3.05, 3.63) is 47.7 Å². The molecule has 7 nitrogen and oxygen atoms in total. The highest BCUT2D eigenvalue weighted by molar-refractivity contribution is 7.90. The Kier molecular flexibility index (Phi) is 4.20. The number of hydrogen-bond acceptors (Lipinski definition) is 6. The first-order chi connectivity index (χ1) is 11.3. The molecule has 9 heteroatoms. The molecule has 2 aromatic heterocycles. The lowest BCUT2D eigenvalue weighted by atomic mass is 10.3. The molecule has 3 rings (SSSR count). The van der Waals surface area contributed by atoms with Gasteiger partial charge in [-0.1, -0.05) is 0 Å². The summed E-state index contributed by atoms with van der Waals surface area (Å²) in [4.78, 5) is 16.7. The number of hydrogen-bond donors (Lipinski definition) is 1. The van der Waals surface area contributed by atoms with Crippen molar-refractivity contribution >= 4 is 32.8 Å². The summed E-state index contributed by atoms with van der Waals surface area (Å²) in [5, 5.41) is 9.15. The number of aryl methyl sites for hydroxylation is 1. The molecule has 0 saturated carbocycles. The van der Waals surface area contributed by atoms with Crippen LogP contribution in [-0.2, 0) is 16.9 Å². The van der Waals surface area contributed by atoms with Crippen molar-refractivity contribution in [2.75, 3.05) is 11.6 Å². The largest absolute Gasteiger partial charge is 0.321 e. The van der Waals surface area contributed by atoms with Gasteiger partial charge >= 0.3 is 0 Å². The lowest BCUT2D eigenvalue weighted by Crippen LogP contribution is -2.12. The molecule has 1 aromatic carbocycles. The molecular formula is C15H14N4O3S2. The van der Waals surface area contributed by atoms with E-state index >= 15 is 0 Å². The second-order valence-corrected chi connectivity index (χ2v) is 8.07. The fourth-order valence-electron chi connectivity index (χ4n) is 2.02. The van der Waals surface area contributed by atoms with Gasteiger partial charge in [0.1, 0.15) is 10.7 Å². The van der Waals surface area contributed by atoms with Crippen LogP contribution in [0.15, 0.2) is 46.9 Å². The number of carbonyl (C=O) groups is 1. The van der Waals surface area contributed by atoms with E-state index in [4.69, 9.17) is 0 Å². The SMILES string of the molecule is Cn1cc(-c2nc(C(=O)Nc3ccc(S(C)(=O)=O)cc3)cs2)cn1. The van der Waals surface area contributed by atoms with Gasteiger partial charge in [0.15, 0.2) is 9.84 Å². The molecule has 0 saturated heterocycles. The van der Waals surface area contributed by atoms with E-state index in [2.05, 4.69) is 15.4 Å². The summed E-state index contributed by atoms with van der Waals surface area (Å²) in [6.45, 7) is 0. The molecule has 2 heterocycles. The van der Waals surface area contributed by atoms with Crippen molar-refractivity contribution in [1.29, 1.82) is 0 Å². The van der Waals surface area contributed by atoms with Gasteiger partial charge in [0.25, 0.3) is 5.91 Å². The third-order valence-electron chi connectivity index (χ3n) is 3.23. The molecule has 1 amide bonds. The van der Waals surface area contributed by atoms with Crippen LogP contribution < -0.4 is 5.32 Å². The van der Waals surface area contributed by atoms with Crippen LogP contribution in [0.1, 0.15) is 10.5 Å². The quantitative estimate of drug-likeness (QED) is 0.768. The number of sulfone groups is 1. The number of thiazole rings is 1. The van der Waals surface area contributed by atoms with Crippen LogP contribution in [0.2, 0.25) is 0 Å². The molecule has 0 aliphatic heterocycles. The Bertz CT molecular complexity index is 988. The van der Waals surface area contributed by atoms with Gasteiger partial charge < -0.3 is 5.32 Å². The Hall–Kier alpha value is -2.52. The summed E-state index contributed by atoms with van der Waals surface area (Å²) in [5.41, 5.74) is 1.65. The van der Waals surface area contributed by atoms with E-state index in [9.17, 15) is 13.2 Å². The smallest absolute Gasteiger partial charge is 0.275 e. The highest BCUT2D eigenvalue weighted by atomic mass is 32.2. The van der Waals surface area contributed by atoms with Gasteiger partial charge in [-0.15, -0.1) is 11.3 Å². The highest BCUT2D eigenvalue weighted by Gasteiger charge is 2.13. The molecule has 3 aromatic rings. The Balaban J connectivity index is 1.75. The fourth-order valence-corrected chi connectivity index (χ4v) is 3.43. The summed E-state index contributed by atoms with van der Waals surface area (Å²) >= 11 is 1.36. The Morgan fingerprint density at radius 3 is 2.54 bits per heavy atom. The Labute approximate surface area is 142 Å². The zero-order valence-corrected chi connectivity index (χ0v) is 14.6. The number of nitrogens with one attached hydrogen (secondary N) is 1. The Morgan fingerprint density at radius 2 is 1.96 bits per heavy atom. The zero-order chi connectivity index (χ0) is 17.3. The molecule has 0 spiro atoms. The van der Waals surface area contributed by atoms with Crippen molar-refractivity contribution < 1.29 is 13.2 Å². The third kappa shape index (κ3) is 3.52. The number of nitrogens with zero attached hydrogens (tertiary/aromatic N) is 3. The number of aromatic nitrogens is 3. The van der Waals surface area contributed by atoms with E-state index in [-0.39, 0.29) is 10.8 Å². The van der Waals surface area contributed by atoms with Crippen LogP contribution >= 0.6 is 11.3 Å². The van der Waals surface area contributed by atoms with Crippen molar-refractivity contribution in [1.82, 2.24) is 14.8 Å². The molecule has 0 atom stereocenters. The molecule has 0 aliphatic carbocycles. The van der Waals surface area contributed by atoms with Crippen LogP contribution in [0.4, 0.5) is 5.69 Å². The van der Waals surface area contributed by atoms with Gasteiger partial charge in [0, 0.05) is 36.1 Å². The topological polar surface area (TPSA) is 94.0 Å². The number of rotatable bonds is 4. The average molecular weight is 362 g/mol. The number of benzene rings is 1. The molecule has 0 fully saturated rings. The van der Waals surface area contributed by atoms with E-state index < -0.39 is 9.84 Å². The maximum absolute atomic E-state index is 12.2. The maximum atomic E-state index is 12.2. The number of carbonyl (C=O) groups excluding carboxylic acids is 1. The van der Waals surface area contributed by atoms with Gasteiger partial charge in [-0.05, 0) is 24.3 Å². The van der Waals surface area contributed by atoms with Gasteiger partial charge in [-0.3, -0.25) is 9.48 Å². The second-order valence-electron chi connectivity index (χ2n) is 5.19. The second kappa shape index (κ2) is 6.17. The molecular weight excluding hydrogens is 348 g/mol. The predicted molar refractivity (Wildman–Crippen MR) is 91.8 cm³/mol. The van der Waals surface area contributed by atoms with Crippen LogP contribution in [-0.4, -0.2) is 35.3 Å². The van der Waals surface area contributed by atoms with Crippen LogP contribution in [0, 0.1) is 0 Å². The van der Waals surface area contributed by atoms with Crippen molar-refractivity contribution in [3.63, 3.8) is 0 Å². The number of anilines is 1. The standard InChI is InChI=1S/C15H14N4O3S2/c1-19-8-10(7-16-19)15-18-13(9-23-15)14(20)17-11-3-5-12(6-4-11)24(2,21)22/h3-9H,1-2H3,(H,17,20). The van der Waals surface area contributed by atoms with E-state index in [0.717, 1.165) is 11.8 Å². The first kappa shape index (κ1) is 16.3. The zero-order valence-electron chi connectivity index (χ0n) is 12.9. The lowest BCUT2D eigenvalue weighted by molar-refractivity contribution is 0.102. The van der Waals surface area contributed by atoms with E-state index in [0.29, 0.717) is 16.4 Å². The van der Waals surface area contributed by atoms with Crippen molar-refractivity contribution in [3.8, 4) is 10.6 Å². The third-order valence-corrected chi connectivity index (χ3v) is 5.25. The minimum absolute atomic E-state index is 0.202. The predicted octanol–water partition coefficient (Wildman–Crippen LogP) is 2.20. The minimum atomic E-state index is -3.26. The molecule has 24 heavy (non-hydrogen) atoms. The van der Waals surface area contributed by atoms with Crippen LogP contribution in [0.5, 0.6) is 0 Å². The Morgan fingerprint density at radius 1 is 1.25 bits per heavy atom. The molecule has 0 bridgehead atoms. The maximum Gasteiger partial charge on any atom is 0.275 e. The van der Waals surface area contributed by atoms with Gasteiger partial charge in [-0.25, -0.2) is 13.4 Å². The first-order valence-electron chi connectivity index (χ1n) is 6.89. The normalized spacial score (nSPS) is 11.4. The van der Waals surface area contributed by atoms with Crippen molar-refractivity contribution in [2.24, 2.45) is 7.05 Å². The summed E-state index contributed by atoms with van der Waals surface area (Å²) < 4.78 is 24.5. The van der Waals surface area contributed by atoms with Crippen LogP contribution in [0.3, 0.4) is 0 Å². The molecule has 0 unspecified atom stereocenters. The fraction of sp³-hybridized carbons (Fsp3) is 0.133. The lowest BCUT2D eigenvalue weighted by Gasteiger charge is -2.04. The van der Waals surface area contributed by atoms with Gasteiger partial charge in [0.2, 0.25) is 0 Å². The van der Waals surface area contributed by atoms with Crippen molar-refractivity contribution in [2.45, 2.75) is 4.90 Å². The molecule has 124 valence electrons. The highest BCUT2D eigenvalue weighted by Crippen LogP contribution is 2.23. The summed E-state index contributed by atoms with van der Waals surface area (Å²) in [5.74, 6) is -0.353. The monoisotopic (exact) mass is 362 g/mol. The van der Waals surface area contributed by atoms with Gasteiger partial charge in [-0.2, -0.15) is 5.10 Å². The molecule has 0 radical (unpaired) electrons. The van der Waals surface area contributed by atoms with Crippen LogP contribution in [0.25, 0.3) is 10.6 Å². The summed E-state index contributed by atoms with van der Waals surface area (Å²) in [7, 11) is -1.45. The first-order valence-corrected chi connectivity index (χ1v) is 9.66. The summed E-state index contributed by atoms with van der Waals surface area (Å²) in [6.07, 6.45) is 4.64. The van der Waals surface area contributed by atoms with Gasteiger partial charge in [0.05, 0.1) is 11.1 Å². The minimum Gasteiger partial charge on any atom is -0.321 e. The van der Waals surface area contributed by atoms with E-state index in [1.807, 2.05) is 13.2 Å². The molecule has 0 aliphatic rings. The van der Waals surface area contributed by atoms with E-state index in [1.165, 1.54) is 23.5 Å². The summed E-state index contributed by atoms with van der Waals surface area (Å²) in [6, 6.07) is 5.99.